The molecule has 1 aliphatic heterocycles. The maximum absolute atomic E-state index is 6.20. The third-order valence-corrected chi connectivity index (χ3v) is 4.27. The second-order valence-electron chi connectivity index (χ2n) is 6.75. The molecule has 0 N–H and O–H groups in total. The van der Waals surface area contributed by atoms with Gasteiger partial charge in [0.05, 0.1) is 0 Å². The highest BCUT2D eigenvalue weighted by molar-refractivity contribution is 6.02. The largest absolute Gasteiger partial charge is 0.456 e. The zero-order valence-electron chi connectivity index (χ0n) is 15.6. The first kappa shape index (κ1) is 17.0. The Bertz CT molecular complexity index is 838. The number of nitrogens with zero attached hydrogens (tertiary/aromatic N) is 2. The van der Waals surface area contributed by atoms with Gasteiger partial charge in [-0.15, -0.1) is 0 Å². The van der Waals surface area contributed by atoms with Crippen molar-refractivity contribution in [3.8, 4) is 0 Å². The molecule has 1 aromatic carbocycles. The van der Waals surface area contributed by atoms with Crippen LogP contribution < -0.4 is 4.90 Å². The summed E-state index contributed by atoms with van der Waals surface area (Å²) in [5, 5.41) is 0. The summed E-state index contributed by atoms with van der Waals surface area (Å²) in [6, 6.07) is 8.43. The van der Waals surface area contributed by atoms with E-state index < -0.39 is 0 Å². The third-order valence-electron chi connectivity index (χ3n) is 4.27. The molecule has 0 radical (unpaired) electrons. The van der Waals surface area contributed by atoms with E-state index in [1.807, 2.05) is 28.2 Å². The number of hydrogen-bond acceptors (Lipinski definition) is 2. The molecule has 0 fully saturated rings. The first-order valence-electron chi connectivity index (χ1n) is 8.44. The van der Waals surface area contributed by atoms with E-state index in [1.54, 1.807) is 0 Å². The van der Waals surface area contributed by atoms with Crippen molar-refractivity contribution in [1.29, 1.82) is 0 Å². The number of anilines is 1. The fourth-order valence-corrected chi connectivity index (χ4v) is 2.76. The topological polar surface area (TPSA) is 15.5 Å². The molecular weight excluding hydrogens is 308 g/mol. The van der Waals surface area contributed by atoms with Crippen LogP contribution in [0.2, 0.25) is 0 Å². The summed E-state index contributed by atoms with van der Waals surface area (Å²) in [7, 11) is 8.17. The van der Waals surface area contributed by atoms with Crippen molar-refractivity contribution in [2.45, 2.75) is 6.92 Å². The second kappa shape index (κ2) is 6.98. The summed E-state index contributed by atoms with van der Waals surface area (Å²) in [6.07, 6.45) is 12.6. The van der Waals surface area contributed by atoms with Gasteiger partial charge in [0.25, 0.3) is 0 Å². The molecule has 0 bridgehead atoms. The summed E-state index contributed by atoms with van der Waals surface area (Å²) < 4.78 is 8.30. The number of hydrogen-bond donors (Lipinski definition) is 0. The highest BCUT2D eigenvalue weighted by Crippen LogP contribution is 2.30. The summed E-state index contributed by atoms with van der Waals surface area (Å²) in [6.45, 7) is 2.10. The second-order valence-corrected chi connectivity index (χ2v) is 6.75. The minimum atomic E-state index is 0.886. The normalized spacial score (nSPS) is 16.4. The van der Waals surface area contributed by atoms with Gasteiger partial charge in [-0.05, 0) is 61.1 Å². The molecule has 0 aromatic heterocycles. The Hall–Kier alpha value is -2.81. The van der Waals surface area contributed by atoms with Crippen LogP contribution in [0.3, 0.4) is 0 Å². The molecule has 0 saturated heterocycles. The average Bonchev–Trinajstić information content (AvgIpc) is 2.61. The summed E-state index contributed by atoms with van der Waals surface area (Å²) in [5.41, 5.74) is 5.71. The van der Waals surface area contributed by atoms with E-state index in [1.165, 1.54) is 17.0 Å². The van der Waals surface area contributed by atoms with Crippen molar-refractivity contribution < 1.29 is 9.31 Å². The summed E-state index contributed by atoms with van der Waals surface area (Å²) in [4.78, 5) is 2.09. The predicted octanol–water partition coefficient (Wildman–Crippen LogP) is 4.16. The van der Waals surface area contributed by atoms with Crippen LogP contribution in [0.15, 0.2) is 77.6 Å². The molecule has 1 aromatic rings. The van der Waals surface area contributed by atoms with Crippen molar-refractivity contribution in [1.82, 2.24) is 0 Å². The first-order chi connectivity index (χ1) is 11.9. The SMILES string of the molecule is CC1=CC(=C2C=CC(=[N+](C)C)C=C2)OC(c2ccc(N(C)C)cc2)=C1. The Kier molecular flexibility index (Phi) is 4.75. The number of rotatable bonds is 2. The summed E-state index contributed by atoms with van der Waals surface area (Å²) in [5.74, 6) is 1.77. The van der Waals surface area contributed by atoms with Crippen LogP contribution in [0, 0.1) is 0 Å². The molecule has 3 nitrogen and oxygen atoms in total. The lowest BCUT2D eigenvalue weighted by Crippen LogP contribution is -2.10. The fourth-order valence-electron chi connectivity index (χ4n) is 2.76. The van der Waals surface area contributed by atoms with Gasteiger partial charge in [0.1, 0.15) is 25.6 Å². The van der Waals surface area contributed by atoms with Gasteiger partial charge >= 0.3 is 0 Å². The van der Waals surface area contributed by atoms with Gasteiger partial charge in [0.15, 0.2) is 5.71 Å². The van der Waals surface area contributed by atoms with E-state index in [2.05, 4.69) is 77.1 Å². The van der Waals surface area contributed by atoms with Crippen LogP contribution >= 0.6 is 0 Å². The molecule has 128 valence electrons. The Labute approximate surface area is 150 Å². The standard InChI is InChI=1S/C22H25N2O/c1-16-14-21(17-6-10-19(11-7-17)23(2)3)25-22(15-16)18-8-12-20(13-9-18)24(4)5/h6-15H,1-5H3/q+1. The van der Waals surface area contributed by atoms with E-state index in [0.717, 1.165) is 22.7 Å². The van der Waals surface area contributed by atoms with Gasteiger partial charge in [-0.1, -0.05) is 0 Å². The lowest BCUT2D eigenvalue weighted by Gasteiger charge is -2.19. The molecule has 0 saturated carbocycles. The maximum atomic E-state index is 6.20. The number of allylic oxidation sites excluding steroid dienone is 8. The van der Waals surface area contributed by atoms with Crippen molar-refractivity contribution in [3.05, 3.63) is 83.2 Å². The van der Waals surface area contributed by atoms with E-state index in [0.29, 0.717) is 0 Å². The molecule has 25 heavy (non-hydrogen) atoms. The first-order valence-corrected chi connectivity index (χ1v) is 8.44. The third kappa shape index (κ3) is 3.82. The van der Waals surface area contributed by atoms with E-state index >= 15 is 0 Å². The van der Waals surface area contributed by atoms with Crippen LogP contribution in [0.1, 0.15) is 12.5 Å². The van der Waals surface area contributed by atoms with Crippen LogP contribution in [-0.2, 0) is 4.74 Å². The Balaban J connectivity index is 1.90. The van der Waals surface area contributed by atoms with Gasteiger partial charge < -0.3 is 9.64 Å². The van der Waals surface area contributed by atoms with Crippen molar-refractivity contribution >= 4 is 17.2 Å². The molecule has 1 heterocycles. The van der Waals surface area contributed by atoms with Crippen LogP contribution in [-0.4, -0.2) is 38.5 Å². The Morgan fingerprint density at radius 1 is 0.880 bits per heavy atom. The lowest BCUT2D eigenvalue weighted by atomic mass is 10.0. The molecule has 0 amide bonds. The average molecular weight is 333 g/mol. The van der Waals surface area contributed by atoms with Crippen LogP contribution in [0.5, 0.6) is 0 Å². The highest BCUT2D eigenvalue weighted by Gasteiger charge is 2.15. The Morgan fingerprint density at radius 3 is 2.08 bits per heavy atom. The van der Waals surface area contributed by atoms with Gasteiger partial charge in [0, 0.05) is 43.1 Å². The van der Waals surface area contributed by atoms with E-state index in [4.69, 9.17) is 4.74 Å². The Morgan fingerprint density at radius 2 is 1.52 bits per heavy atom. The molecule has 0 spiro atoms. The van der Waals surface area contributed by atoms with Crippen molar-refractivity contribution in [3.63, 3.8) is 0 Å². The van der Waals surface area contributed by atoms with E-state index in [-0.39, 0.29) is 0 Å². The lowest BCUT2D eigenvalue weighted by molar-refractivity contribution is -0.462. The van der Waals surface area contributed by atoms with Gasteiger partial charge in [-0.25, -0.2) is 4.58 Å². The molecule has 3 heteroatoms. The van der Waals surface area contributed by atoms with Crippen LogP contribution in [0.4, 0.5) is 5.69 Å². The maximum Gasteiger partial charge on any atom is 0.199 e. The van der Waals surface area contributed by atoms with Crippen molar-refractivity contribution in [2.24, 2.45) is 0 Å². The van der Waals surface area contributed by atoms with Crippen LogP contribution in [0.25, 0.3) is 5.76 Å². The molecular formula is C22H25N2O+. The smallest absolute Gasteiger partial charge is 0.199 e. The zero-order chi connectivity index (χ0) is 18.0. The van der Waals surface area contributed by atoms with E-state index in [9.17, 15) is 0 Å². The molecule has 0 unspecified atom stereocenters. The molecule has 2 aliphatic rings. The monoisotopic (exact) mass is 333 g/mol. The summed E-state index contributed by atoms with van der Waals surface area (Å²) >= 11 is 0. The highest BCUT2D eigenvalue weighted by atomic mass is 16.5. The molecule has 3 rings (SSSR count). The zero-order valence-corrected chi connectivity index (χ0v) is 15.6. The molecule has 0 atom stereocenters. The van der Waals surface area contributed by atoms with Gasteiger partial charge in [0.2, 0.25) is 0 Å². The molecule has 1 aliphatic carbocycles. The van der Waals surface area contributed by atoms with Crippen molar-refractivity contribution in [2.75, 3.05) is 33.1 Å². The quantitative estimate of drug-likeness (QED) is 0.755. The minimum absolute atomic E-state index is 0.886. The predicted molar refractivity (Wildman–Crippen MR) is 106 cm³/mol. The number of benzene rings is 1. The van der Waals surface area contributed by atoms with Gasteiger partial charge in [-0.3, -0.25) is 0 Å². The fraction of sp³-hybridized carbons (Fsp3) is 0.227. The minimum Gasteiger partial charge on any atom is -0.456 e. The number of ether oxygens (including phenoxy) is 1. The van der Waals surface area contributed by atoms with Gasteiger partial charge in [-0.2, -0.15) is 0 Å².